The molecule has 1 aromatic heterocycles. The van der Waals surface area contributed by atoms with Gasteiger partial charge in [-0.05, 0) is 40.8 Å². The van der Waals surface area contributed by atoms with Crippen LogP contribution in [0.25, 0.3) is 11.3 Å². The first-order chi connectivity index (χ1) is 7.59. The highest BCUT2D eigenvalue weighted by Crippen LogP contribution is 2.28. The van der Waals surface area contributed by atoms with Gasteiger partial charge in [0.05, 0.1) is 5.02 Å². The van der Waals surface area contributed by atoms with Crippen LogP contribution in [0.2, 0.25) is 5.02 Å². The van der Waals surface area contributed by atoms with Gasteiger partial charge in [0.2, 0.25) is 0 Å². The van der Waals surface area contributed by atoms with Crippen molar-refractivity contribution in [1.29, 1.82) is 0 Å². The van der Waals surface area contributed by atoms with Crippen LogP contribution < -0.4 is 0 Å². The molecule has 0 aliphatic rings. The molecule has 0 unspecified atom stereocenters. The normalized spacial score (nSPS) is 10.4. The fourth-order valence-electron chi connectivity index (χ4n) is 1.24. The van der Waals surface area contributed by atoms with E-state index in [1.165, 1.54) is 0 Å². The number of halogens is 2. The van der Waals surface area contributed by atoms with Crippen LogP contribution >= 0.6 is 34.2 Å². The van der Waals surface area contributed by atoms with Gasteiger partial charge in [-0.1, -0.05) is 11.6 Å². The van der Waals surface area contributed by atoms with E-state index in [1.54, 1.807) is 18.2 Å². The van der Waals surface area contributed by atoms with Gasteiger partial charge >= 0.3 is 5.97 Å². The van der Waals surface area contributed by atoms with E-state index in [0.29, 0.717) is 10.6 Å². The van der Waals surface area contributed by atoms with Gasteiger partial charge in [-0.2, -0.15) is 0 Å². The van der Waals surface area contributed by atoms with Crippen molar-refractivity contribution in [3.05, 3.63) is 38.9 Å². The molecular formula is C10H5ClINO3. The lowest BCUT2D eigenvalue weighted by atomic mass is 10.1. The van der Waals surface area contributed by atoms with Crippen molar-refractivity contribution in [3.8, 4) is 11.3 Å². The Morgan fingerprint density at radius 3 is 2.88 bits per heavy atom. The molecule has 16 heavy (non-hydrogen) atoms. The van der Waals surface area contributed by atoms with Crippen molar-refractivity contribution >= 4 is 40.2 Å². The van der Waals surface area contributed by atoms with Gasteiger partial charge in [-0.3, -0.25) is 0 Å². The van der Waals surface area contributed by atoms with Gasteiger partial charge in [0.1, 0.15) is 0 Å². The predicted octanol–water partition coefficient (Wildman–Crippen LogP) is 3.30. The number of nitrogens with zero attached hydrogens (tertiary/aromatic N) is 1. The van der Waals surface area contributed by atoms with E-state index in [1.807, 2.05) is 0 Å². The maximum Gasteiger partial charge on any atom is 0.358 e. The quantitative estimate of drug-likeness (QED) is 0.845. The number of aromatic nitrogens is 1. The SMILES string of the molecule is O=C(O)c1ncoc1-c1ccc(I)c(Cl)c1. The Balaban J connectivity index is 2.54. The van der Waals surface area contributed by atoms with Crippen LogP contribution in [0.5, 0.6) is 0 Å². The third kappa shape index (κ3) is 2.05. The summed E-state index contributed by atoms with van der Waals surface area (Å²) in [7, 11) is 0. The van der Waals surface area contributed by atoms with Crippen molar-refractivity contribution in [2.75, 3.05) is 0 Å². The van der Waals surface area contributed by atoms with E-state index in [-0.39, 0.29) is 11.5 Å². The maximum atomic E-state index is 10.9. The molecule has 0 bridgehead atoms. The minimum absolute atomic E-state index is 0.114. The lowest BCUT2D eigenvalue weighted by molar-refractivity contribution is 0.0691. The molecule has 4 nitrogen and oxygen atoms in total. The van der Waals surface area contributed by atoms with Gasteiger partial charge < -0.3 is 9.52 Å². The monoisotopic (exact) mass is 349 g/mol. The van der Waals surface area contributed by atoms with Crippen LogP contribution in [-0.2, 0) is 0 Å². The number of aromatic carboxylic acids is 1. The van der Waals surface area contributed by atoms with E-state index >= 15 is 0 Å². The molecule has 0 aliphatic carbocycles. The largest absolute Gasteiger partial charge is 0.476 e. The molecular weight excluding hydrogens is 344 g/mol. The van der Waals surface area contributed by atoms with Crippen molar-refractivity contribution in [1.82, 2.24) is 4.98 Å². The summed E-state index contributed by atoms with van der Waals surface area (Å²) < 4.78 is 5.94. The zero-order valence-corrected chi connectivity index (χ0v) is 10.7. The Kier molecular flexibility index (Phi) is 3.15. The van der Waals surface area contributed by atoms with Crippen molar-refractivity contribution in [2.24, 2.45) is 0 Å². The lowest BCUT2D eigenvalue weighted by Gasteiger charge is -2.00. The van der Waals surface area contributed by atoms with Crippen LogP contribution in [0.3, 0.4) is 0 Å². The number of hydrogen-bond donors (Lipinski definition) is 1. The second-order valence-corrected chi connectivity index (χ2v) is 4.53. The zero-order chi connectivity index (χ0) is 11.7. The Labute approximate surface area is 109 Å². The highest BCUT2D eigenvalue weighted by molar-refractivity contribution is 14.1. The van der Waals surface area contributed by atoms with E-state index < -0.39 is 5.97 Å². The van der Waals surface area contributed by atoms with Crippen LogP contribution in [0.1, 0.15) is 10.5 Å². The van der Waals surface area contributed by atoms with E-state index in [4.69, 9.17) is 21.1 Å². The van der Waals surface area contributed by atoms with Crippen LogP contribution in [0.15, 0.2) is 29.0 Å². The minimum atomic E-state index is -1.13. The summed E-state index contributed by atoms with van der Waals surface area (Å²) in [4.78, 5) is 14.5. The van der Waals surface area contributed by atoms with Gasteiger partial charge in [0.15, 0.2) is 17.8 Å². The fraction of sp³-hybridized carbons (Fsp3) is 0. The molecule has 1 aromatic carbocycles. The number of hydrogen-bond acceptors (Lipinski definition) is 3. The van der Waals surface area contributed by atoms with Gasteiger partial charge in [-0.15, -0.1) is 0 Å². The first-order valence-corrected chi connectivity index (χ1v) is 5.67. The standard InChI is InChI=1S/C10H5ClINO3/c11-6-3-5(1-2-7(6)12)9-8(10(14)15)13-4-16-9/h1-4H,(H,14,15). The molecule has 0 saturated carbocycles. The summed E-state index contributed by atoms with van der Waals surface area (Å²) in [6, 6.07) is 5.17. The summed E-state index contributed by atoms with van der Waals surface area (Å²) in [6.07, 6.45) is 1.10. The van der Waals surface area contributed by atoms with E-state index in [0.717, 1.165) is 9.96 Å². The minimum Gasteiger partial charge on any atom is -0.476 e. The number of carbonyl (C=O) groups is 1. The molecule has 1 heterocycles. The van der Waals surface area contributed by atoms with Gasteiger partial charge in [0, 0.05) is 9.13 Å². The molecule has 0 saturated heterocycles. The summed E-state index contributed by atoms with van der Waals surface area (Å²) in [5.41, 5.74) is 0.484. The molecule has 0 aliphatic heterocycles. The van der Waals surface area contributed by atoms with Crippen molar-refractivity contribution in [3.63, 3.8) is 0 Å². The lowest BCUT2D eigenvalue weighted by Crippen LogP contribution is -1.98. The van der Waals surface area contributed by atoms with E-state index in [9.17, 15) is 4.79 Å². The second kappa shape index (κ2) is 4.42. The third-order valence-electron chi connectivity index (χ3n) is 1.95. The molecule has 0 fully saturated rings. The first-order valence-electron chi connectivity index (χ1n) is 4.22. The first kappa shape index (κ1) is 11.4. The Bertz CT molecular complexity index is 553. The number of carboxylic acids is 1. The van der Waals surface area contributed by atoms with Gasteiger partial charge in [0.25, 0.3) is 0 Å². The van der Waals surface area contributed by atoms with Crippen LogP contribution in [0, 0.1) is 3.57 Å². The molecule has 0 spiro atoms. The van der Waals surface area contributed by atoms with Crippen LogP contribution in [-0.4, -0.2) is 16.1 Å². The Morgan fingerprint density at radius 1 is 1.50 bits per heavy atom. The topological polar surface area (TPSA) is 63.3 Å². The van der Waals surface area contributed by atoms with Crippen molar-refractivity contribution in [2.45, 2.75) is 0 Å². The second-order valence-electron chi connectivity index (χ2n) is 2.96. The average molecular weight is 350 g/mol. The maximum absolute atomic E-state index is 10.9. The van der Waals surface area contributed by atoms with E-state index in [2.05, 4.69) is 27.6 Å². The smallest absolute Gasteiger partial charge is 0.358 e. The average Bonchev–Trinajstić information content (AvgIpc) is 2.71. The Morgan fingerprint density at radius 2 is 2.25 bits per heavy atom. The molecule has 82 valence electrons. The molecule has 6 heteroatoms. The summed E-state index contributed by atoms with van der Waals surface area (Å²) in [5, 5.41) is 9.43. The Hall–Kier alpha value is -1.08. The molecule has 2 rings (SSSR count). The summed E-state index contributed by atoms with van der Waals surface area (Å²) in [5.74, 6) is -0.913. The highest BCUT2D eigenvalue weighted by atomic mass is 127. The zero-order valence-electron chi connectivity index (χ0n) is 7.78. The fourth-order valence-corrected chi connectivity index (χ4v) is 1.76. The molecule has 2 aromatic rings. The molecule has 1 N–H and O–H groups in total. The highest BCUT2D eigenvalue weighted by Gasteiger charge is 2.17. The number of benzene rings is 1. The number of rotatable bonds is 2. The number of carboxylic acid groups (broad SMARTS) is 1. The third-order valence-corrected chi connectivity index (χ3v) is 3.52. The number of oxazole rings is 1. The molecule has 0 atom stereocenters. The molecule has 0 amide bonds. The predicted molar refractivity (Wildman–Crippen MR) is 66.6 cm³/mol. The van der Waals surface area contributed by atoms with Crippen LogP contribution in [0.4, 0.5) is 0 Å². The van der Waals surface area contributed by atoms with Gasteiger partial charge in [-0.25, -0.2) is 9.78 Å². The van der Waals surface area contributed by atoms with Crippen molar-refractivity contribution < 1.29 is 14.3 Å². The summed E-state index contributed by atoms with van der Waals surface area (Å²) in [6.45, 7) is 0. The molecule has 0 radical (unpaired) electrons. The summed E-state index contributed by atoms with van der Waals surface area (Å²) >= 11 is 8.03.